The molecule has 128 valence electrons. The molecule has 0 aliphatic carbocycles. The molecule has 0 saturated heterocycles. The van der Waals surface area contributed by atoms with Gasteiger partial charge in [-0.25, -0.2) is 13.4 Å². The summed E-state index contributed by atoms with van der Waals surface area (Å²) in [7, 11) is -3.29. The fourth-order valence-corrected chi connectivity index (χ4v) is 4.77. The number of thiazole rings is 1. The maximum atomic E-state index is 12.5. The van der Waals surface area contributed by atoms with Gasteiger partial charge in [-0.05, 0) is 42.3 Å². The lowest BCUT2D eigenvalue weighted by Crippen LogP contribution is -2.27. The van der Waals surface area contributed by atoms with E-state index >= 15 is 0 Å². The summed E-state index contributed by atoms with van der Waals surface area (Å²) in [5, 5.41) is 3.36. The Labute approximate surface area is 149 Å². The van der Waals surface area contributed by atoms with Crippen LogP contribution in [0, 0.1) is 0 Å². The zero-order valence-electron chi connectivity index (χ0n) is 13.4. The molecule has 0 fully saturated rings. The normalized spacial score (nSPS) is 13.9. The minimum Gasteiger partial charge on any atom is -0.298 e. The number of carbonyl (C=O) groups is 1. The van der Waals surface area contributed by atoms with E-state index in [1.54, 1.807) is 18.2 Å². The Bertz CT molecular complexity index is 1060. The van der Waals surface area contributed by atoms with Crippen LogP contribution in [0.15, 0.2) is 42.5 Å². The lowest BCUT2D eigenvalue weighted by Gasteiger charge is -2.16. The van der Waals surface area contributed by atoms with E-state index in [0.29, 0.717) is 29.3 Å². The van der Waals surface area contributed by atoms with Gasteiger partial charge in [0.2, 0.25) is 10.0 Å². The fourth-order valence-electron chi connectivity index (χ4n) is 2.95. The van der Waals surface area contributed by atoms with Crippen molar-refractivity contribution in [3.8, 4) is 0 Å². The molecule has 1 amide bonds. The standard InChI is InChI=1S/C17H15N3O3S2/c1-25(22,23)20-9-8-11-10-12(6-7-14(11)20)16(21)19-17-18-13-4-2-3-5-15(13)24-17/h2-7,10H,8-9H2,1H3,(H,18,19,21). The quantitative estimate of drug-likeness (QED) is 0.766. The summed E-state index contributed by atoms with van der Waals surface area (Å²) in [6.07, 6.45) is 1.79. The van der Waals surface area contributed by atoms with Gasteiger partial charge < -0.3 is 0 Å². The molecular formula is C17H15N3O3S2. The molecule has 1 aromatic heterocycles. The summed E-state index contributed by atoms with van der Waals surface area (Å²) in [5.41, 5.74) is 2.86. The van der Waals surface area contributed by atoms with Crippen LogP contribution in [0.3, 0.4) is 0 Å². The number of hydrogen-bond donors (Lipinski definition) is 1. The number of anilines is 2. The first-order valence-corrected chi connectivity index (χ1v) is 10.4. The van der Waals surface area contributed by atoms with Gasteiger partial charge in [0.25, 0.3) is 5.91 Å². The predicted molar refractivity (Wildman–Crippen MR) is 99.9 cm³/mol. The third kappa shape index (κ3) is 2.98. The first-order valence-electron chi connectivity index (χ1n) is 7.69. The summed E-state index contributed by atoms with van der Waals surface area (Å²) >= 11 is 1.42. The van der Waals surface area contributed by atoms with Crippen molar-refractivity contribution in [3.63, 3.8) is 0 Å². The van der Waals surface area contributed by atoms with Crippen LogP contribution in [0.25, 0.3) is 10.2 Å². The van der Waals surface area contributed by atoms with E-state index in [2.05, 4.69) is 10.3 Å². The Morgan fingerprint density at radius 3 is 2.80 bits per heavy atom. The van der Waals surface area contributed by atoms with Gasteiger partial charge in [-0.1, -0.05) is 23.5 Å². The minimum atomic E-state index is -3.29. The fraction of sp³-hybridized carbons (Fsp3) is 0.176. The van der Waals surface area contributed by atoms with Crippen LogP contribution in [-0.4, -0.2) is 32.1 Å². The van der Waals surface area contributed by atoms with Gasteiger partial charge >= 0.3 is 0 Å². The molecule has 1 aliphatic heterocycles. The molecular weight excluding hydrogens is 358 g/mol. The number of rotatable bonds is 3. The lowest BCUT2D eigenvalue weighted by atomic mass is 10.1. The second-order valence-electron chi connectivity index (χ2n) is 5.87. The number of hydrogen-bond acceptors (Lipinski definition) is 5. The average molecular weight is 373 g/mol. The average Bonchev–Trinajstić information content (AvgIpc) is 3.16. The van der Waals surface area contributed by atoms with Gasteiger partial charge in [-0.15, -0.1) is 0 Å². The molecule has 0 unspecified atom stereocenters. The highest BCUT2D eigenvalue weighted by molar-refractivity contribution is 7.92. The van der Waals surface area contributed by atoms with E-state index in [1.165, 1.54) is 21.9 Å². The number of para-hydroxylation sites is 1. The van der Waals surface area contributed by atoms with E-state index in [-0.39, 0.29) is 5.91 Å². The van der Waals surface area contributed by atoms with E-state index in [1.807, 2.05) is 24.3 Å². The third-order valence-electron chi connectivity index (χ3n) is 4.11. The van der Waals surface area contributed by atoms with Crippen molar-refractivity contribution in [2.75, 3.05) is 22.4 Å². The molecule has 25 heavy (non-hydrogen) atoms. The van der Waals surface area contributed by atoms with Crippen LogP contribution in [0.5, 0.6) is 0 Å². The van der Waals surface area contributed by atoms with Gasteiger partial charge in [-0.2, -0.15) is 0 Å². The van der Waals surface area contributed by atoms with E-state index in [4.69, 9.17) is 0 Å². The monoisotopic (exact) mass is 373 g/mol. The van der Waals surface area contributed by atoms with Crippen LogP contribution in [0.4, 0.5) is 10.8 Å². The molecule has 4 rings (SSSR count). The molecule has 2 aromatic carbocycles. The van der Waals surface area contributed by atoms with E-state index in [0.717, 1.165) is 15.8 Å². The number of aromatic nitrogens is 1. The van der Waals surface area contributed by atoms with Gasteiger partial charge in [0, 0.05) is 12.1 Å². The molecule has 0 radical (unpaired) electrons. The first-order chi connectivity index (χ1) is 11.9. The summed E-state index contributed by atoms with van der Waals surface area (Å²) in [6, 6.07) is 12.8. The van der Waals surface area contributed by atoms with E-state index in [9.17, 15) is 13.2 Å². The number of sulfonamides is 1. The topological polar surface area (TPSA) is 79.4 Å². The highest BCUT2D eigenvalue weighted by Gasteiger charge is 2.26. The number of carbonyl (C=O) groups excluding carboxylic acids is 1. The Morgan fingerprint density at radius 1 is 1.24 bits per heavy atom. The number of fused-ring (bicyclic) bond motifs is 2. The highest BCUT2D eigenvalue weighted by atomic mass is 32.2. The second kappa shape index (κ2) is 5.82. The Kier molecular flexibility index (Phi) is 3.73. The van der Waals surface area contributed by atoms with Gasteiger partial charge in [0.1, 0.15) is 0 Å². The Morgan fingerprint density at radius 2 is 2.04 bits per heavy atom. The zero-order chi connectivity index (χ0) is 17.6. The molecule has 8 heteroatoms. The SMILES string of the molecule is CS(=O)(=O)N1CCc2cc(C(=O)Nc3nc4ccccc4s3)ccc21. The Hall–Kier alpha value is -2.45. The van der Waals surface area contributed by atoms with Gasteiger partial charge in [0.15, 0.2) is 5.13 Å². The lowest BCUT2D eigenvalue weighted by molar-refractivity contribution is 0.102. The van der Waals surface area contributed by atoms with Crippen molar-refractivity contribution in [2.24, 2.45) is 0 Å². The molecule has 0 saturated carbocycles. The van der Waals surface area contributed by atoms with Crippen molar-refractivity contribution >= 4 is 48.3 Å². The maximum Gasteiger partial charge on any atom is 0.257 e. The van der Waals surface area contributed by atoms with Gasteiger partial charge in [0.05, 0.1) is 22.2 Å². The number of nitrogens with one attached hydrogen (secondary N) is 1. The molecule has 0 bridgehead atoms. The van der Waals surface area contributed by atoms with Crippen LogP contribution in [0.1, 0.15) is 15.9 Å². The largest absolute Gasteiger partial charge is 0.298 e. The van der Waals surface area contributed by atoms with Crippen LogP contribution in [0.2, 0.25) is 0 Å². The minimum absolute atomic E-state index is 0.250. The van der Waals surface area contributed by atoms with Gasteiger partial charge in [-0.3, -0.25) is 14.4 Å². The zero-order valence-corrected chi connectivity index (χ0v) is 15.0. The van der Waals surface area contributed by atoms with Crippen molar-refractivity contribution < 1.29 is 13.2 Å². The smallest absolute Gasteiger partial charge is 0.257 e. The first kappa shape index (κ1) is 16.0. The number of amides is 1. The molecule has 0 atom stereocenters. The van der Waals surface area contributed by atoms with Crippen molar-refractivity contribution in [1.82, 2.24) is 4.98 Å². The molecule has 1 N–H and O–H groups in total. The molecule has 0 spiro atoms. The van der Waals surface area contributed by atoms with Crippen molar-refractivity contribution in [1.29, 1.82) is 0 Å². The maximum absolute atomic E-state index is 12.5. The number of benzene rings is 2. The van der Waals surface area contributed by atoms with Crippen LogP contribution in [-0.2, 0) is 16.4 Å². The van der Waals surface area contributed by atoms with E-state index < -0.39 is 10.0 Å². The molecule has 6 nitrogen and oxygen atoms in total. The summed E-state index contributed by atoms with van der Waals surface area (Å²) in [4.78, 5) is 16.9. The Balaban J connectivity index is 1.59. The highest BCUT2D eigenvalue weighted by Crippen LogP contribution is 2.31. The van der Waals surface area contributed by atoms with Crippen LogP contribution < -0.4 is 9.62 Å². The molecule has 2 heterocycles. The summed E-state index contributed by atoms with van der Waals surface area (Å²) in [6.45, 7) is 0.414. The van der Waals surface area contributed by atoms with Crippen LogP contribution >= 0.6 is 11.3 Å². The number of nitrogens with zero attached hydrogens (tertiary/aromatic N) is 2. The van der Waals surface area contributed by atoms with Crippen molar-refractivity contribution in [2.45, 2.75) is 6.42 Å². The third-order valence-corrected chi connectivity index (χ3v) is 6.24. The molecule has 3 aromatic rings. The predicted octanol–water partition coefficient (Wildman–Crippen LogP) is 2.87. The van der Waals surface area contributed by atoms with Crippen molar-refractivity contribution in [3.05, 3.63) is 53.6 Å². The molecule has 1 aliphatic rings. The summed E-state index contributed by atoms with van der Waals surface area (Å²) in [5.74, 6) is -0.250. The second-order valence-corrected chi connectivity index (χ2v) is 8.81. The summed E-state index contributed by atoms with van der Waals surface area (Å²) < 4.78 is 25.9.